The van der Waals surface area contributed by atoms with Crippen LogP contribution in [0.4, 0.5) is 0 Å². The first kappa shape index (κ1) is 18.4. The Hall–Kier alpha value is -2.40. The van der Waals surface area contributed by atoms with Crippen LogP contribution in [0.25, 0.3) is 0 Å². The van der Waals surface area contributed by atoms with Crippen molar-refractivity contribution in [2.45, 2.75) is 19.4 Å². The zero-order valence-corrected chi connectivity index (χ0v) is 15.5. The van der Waals surface area contributed by atoms with E-state index in [1.807, 2.05) is 19.2 Å². The first-order chi connectivity index (χ1) is 12.5. The third-order valence-electron chi connectivity index (χ3n) is 4.69. The van der Waals surface area contributed by atoms with Crippen LogP contribution in [0, 0.1) is 5.92 Å². The average molecular weight is 372 g/mol. The van der Waals surface area contributed by atoms with Crippen molar-refractivity contribution in [2.24, 2.45) is 5.92 Å². The van der Waals surface area contributed by atoms with Gasteiger partial charge in [0.05, 0.1) is 5.92 Å². The quantitative estimate of drug-likeness (QED) is 0.829. The molecule has 1 aliphatic heterocycles. The summed E-state index contributed by atoms with van der Waals surface area (Å²) < 4.78 is 0. The molecular formula is C20H22ClN3O2. The number of rotatable bonds is 4. The van der Waals surface area contributed by atoms with Crippen LogP contribution < -0.4 is 0 Å². The van der Waals surface area contributed by atoms with Crippen LogP contribution in [0.5, 0.6) is 0 Å². The fourth-order valence-electron chi connectivity index (χ4n) is 3.29. The van der Waals surface area contributed by atoms with Crippen molar-refractivity contribution in [3.8, 4) is 0 Å². The molecule has 2 aromatic rings. The number of halogens is 1. The summed E-state index contributed by atoms with van der Waals surface area (Å²) in [5, 5.41) is 0.603. The Morgan fingerprint density at radius 1 is 1.19 bits per heavy atom. The molecule has 0 N–H and O–H groups in total. The molecule has 3 rings (SSSR count). The zero-order chi connectivity index (χ0) is 18.5. The molecular weight excluding hydrogens is 350 g/mol. The number of hydrogen-bond acceptors (Lipinski definition) is 3. The monoisotopic (exact) mass is 371 g/mol. The number of piperidine rings is 1. The molecule has 1 unspecified atom stereocenters. The molecule has 0 spiro atoms. The molecule has 1 aromatic carbocycles. The molecule has 6 heteroatoms. The number of aromatic nitrogens is 1. The highest BCUT2D eigenvalue weighted by Crippen LogP contribution is 2.21. The van der Waals surface area contributed by atoms with Crippen LogP contribution in [0.15, 0.2) is 48.8 Å². The number of likely N-dealkylation sites (tertiary alicyclic amines) is 1. The van der Waals surface area contributed by atoms with E-state index in [9.17, 15) is 9.59 Å². The first-order valence-electron chi connectivity index (χ1n) is 8.73. The summed E-state index contributed by atoms with van der Waals surface area (Å²) in [6.45, 7) is 1.68. The third-order valence-corrected chi connectivity index (χ3v) is 4.95. The van der Waals surface area contributed by atoms with Gasteiger partial charge >= 0.3 is 0 Å². The van der Waals surface area contributed by atoms with Gasteiger partial charge in [0.2, 0.25) is 5.91 Å². The molecule has 0 saturated carbocycles. The minimum atomic E-state index is -0.160. The molecule has 2 heterocycles. The lowest BCUT2D eigenvalue weighted by Crippen LogP contribution is -2.45. The van der Waals surface area contributed by atoms with Gasteiger partial charge in [-0.1, -0.05) is 11.6 Å². The molecule has 0 aliphatic carbocycles. The lowest BCUT2D eigenvalue weighted by molar-refractivity contribution is -0.136. The van der Waals surface area contributed by atoms with Crippen LogP contribution in [-0.4, -0.2) is 46.7 Å². The minimum absolute atomic E-state index is 0.0454. The van der Waals surface area contributed by atoms with E-state index in [1.165, 1.54) is 0 Å². The van der Waals surface area contributed by atoms with Crippen molar-refractivity contribution in [2.75, 3.05) is 20.1 Å². The third kappa shape index (κ3) is 4.41. The highest BCUT2D eigenvalue weighted by molar-refractivity contribution is 6.30. The van der Waals surface area contributed by atoms with Crippen LogP contribution >= 0.6 is 11.6 Å². The maximum Gasteiger partial charge on any atom is 0.253 e. The second-order valence-electron chi connectivity index (χ2n) is 6.65. The largest absolute Gasteiger partial charge is 0.341 e. The molecule has 0 radical (unpaired) electrons. The second-order valence-corrected chi connectivity index (χ2v) is 7.08. The lowest BCUT2D eigenvalue weighted by atomic mass is 9.95. The Balaban J connectivity index is 1.63. The molecule has 136 valence electrons. The predicted molar refractivity (Wildman–Crippen MR) is 101 cm³/mol. The van der Waals surface area contributed by atoms with E-state index in [4.69, 9.17) is 11.6 Å². The van der Waals surface area contributed by atoms with Crippen LogP contribution in [-0.2, 0) is 11.3 Å². The average Bonchev–Trinajstić information content (AvgIpc) is 2.68. The van der Waals surface area contributed by atoms with Crippen molar-refractivity contribution in [3.05, 3.63) is 64.9 Å². The highest BCUT2D eigenvalue weighted by atomic mass is 35.5. The van der Waals surface area contributed by atoms with Gasteiger partial charge in [0.25, 0.3) is 5.91 Å². The summed E-state index contributed by atoms with van der Waals surface area (Å²) in [6.07, 6.45) is 5.09. The van der Waals surface area contributed by atoms with E-state index in [2.05, 4.69) is 4.98 Å². The van der Waals surface area contributed by atoms with Gasteiger partial charge in [-0.05, 0) is 54.8 Å². The van der Waals surface area contributed by atoms with Gasteiger partial charge in [-0.25, -0.2) is 0 Å². The van der Waals surface area contributed by atoms with Crippen LogP contribution in [0.2, 0.25) is 5.02 Å². The van der Waals surface area contributed by atoms with Gasteiger partial charge in [0.1, 0.15) is 0 Å². The Morgan fingerprint density at radius 2 is 1.88 bits per heavy atom. The van der Waals surface area contributed by atoms with Crippen molar-refractivity contribution in [3.63, 3.8) is 0 Å². The van der Waals surface area contributed by atoms with E-state index < -0.39 is 0 Å². The molecule has 5 nitrogen and oxygen atoms in total. The van der Waals surface area contributed by atoms with Gasteiger partial charge in [-0.3, -0.25) is 14.6 Å². The smallest absolute Gasteiger partial charge is 0.253 e. The number of hydrogen-bond donors (Lipinski definition) is 0. The fraction of sp³-hybridized carbons (Fsp3) is 0.350. The summed E-state index contributed by atoms with van der Waals surface area (Å²) in [5.41, 5.74) is 1.65. The molecule has 1 aliphatic rings. The molecule has 0 bridgehead atoms. The first-order valence-corrected chi connectivity index (χ1v) is 9.11. The van der Waals surface area contributed by atoms with Crippen molar-refractivity contribution in [1.82, 2.24) is 14.8 Å². The van der Waals surface area contributed by atoms with Crippen molar-refractivity contribution in [1.29, 1.82) is 0 Å². The maximum atomic E-state index is 12.8. The predicted octanol–water partition coefficient (Wildman–Crippen LogP) is 3.25. The lowest BCUT2D eigenvalue weighted by Gasteiger charge is -2.34. The number of benzene rings is 1. The van der Waals surface area contributed by atoms with E-state index in [0.29, 0.717) is 30.2 Å². The summed E-state index contributed by atoms with van der Waals surface area (Å²) in [7, 11) is 1.81. The number of pyridine rings is 1. The fourth-order valence-corrected chi connectivity index (χ4v) is 3.42. The molecule has 26 heavy (non-hydrogen) atoms. The zero-order valence-electron chi connectivity index (χ0n) is 14.8. The highest BCUT2D eigenvalue weighted by Gasteiger charge is 2.30. The van der Waals surface area contributed by atoms with E-state index >= 15 is 0 Å². The Kier molecular flexibility index (Phi) is 5.89. The van der Waals surface area contributed by atoms with Gasteiger partial charge in [-0.15, -0.1) is 0 Å². The van der Waals surface area contributed by atoms with Crippen molar-refractivity contribution >= 4 is 23.4 Å². The topological polar surface area (TPSA) is 53.5 Å². The van der Waals surface area contributed by atoms with Gasteiger partial charge in [0, 0.05) is 49.7 Å². The molecule has 1 atom stereocenters. The van der Waals surface area contributed by atoms with E-state index in [-0.39, 0.29) is 17.7 Å². The number of amides is 2. The molecule has 1 saturated heterocycles. The van der Waals surface area contributed by atoms with E-state index in [0.717, 1.165) is 18.4 Å². The number of carbonyl (C=O) groups is 2. The molecule has 1 fully saturated rings. The van der Waals surface area contributed by atoms with Crippen LogP contribution in [0.1, 0.15) is 28.8 Å². The summed E-state index contributed by atoms with van der Waals surface area (Å²) in [5.74, 6) is -0.127. The maximum absolute atomic E-state index is 12.8. The second kappa shape index (κ2) is 8.32. The van der Waals surface area contributed by atoms with E-state index in [1.54, 1.807) is 46.5 Å². The van der Waals surface area contributed by atoms with Gasteiger partial charge < -0.3 is 9.80 Å². The Labute approximate surface area is 158 Å². The molecule has 2 amide bonds. The number of nitrogens with zero attached hydrogens (tertiary/aromatic N) is 3. The van der Waals surface area contributed by atoms with Gasteiger partial charge in [0.15, 0.2) is 0 Å². The Bertz CT molecular complexity index is 764. The minimum Gasteiger partial charge on any atom is -0.341 e. The van der Waals surface area contributed by atoms with Crippen molar-refractivity contribution < 1.29 is 9.59 Å². The number of carbonyl (C=O) groups excluding carboxylic acids is 2. The molecule has 1 aromatic heterocycles. The normalized spacial score (nSPS) is 17.0. The SMILES string of the molecule is CN(Cc1ccncc1)C(=O)C1CCCN(C(=O)c2ccc(Cl)cc2)C1. The summed E-state index contributed by atoms with van der Waals surface area (Å²) in [6, 6.07) is 10.7. The summed E-state index contributed by atoms with van der Waals surface area (Å²) >= 11 is 5.89. The van der Waals surface area contributed by atoms with Crippen LogP contribution in [0.3, 0.4) is 0 Å². The standard InChI is InChI=1S/C20H22ClN3O2/c1-23(13-15-8-10-22-11-9-15)19(25)17-3-2-12-24(14-17)20(26)16-4-6-18(21)7-5-16/h4-11,17H,2-3,12-14H2,1H3. The van der Waals surface area contributed by atoms with Gasteiger partial charge in [-0.2, -0.15) is 0 Å². The Morgan fingerprint density at radius 3 is 2.58 bits per heavy atom. The summed E-state index contributed by atoms with van der Waals surface area (Å²) in [4.78, 5) is 33.0.